The van der Waals surface area contributed by atoms with Crippen molar-refractivity contribution < 1.29 is 19.1 Å². The maximum atomic E-state index is 13.1. The highest BCUT2D eigenvalue weighted by atomic mass is 127. The number of rotatable bonds is 6. The Morgan fingerprint density at radius 3 is 2.77 bits per heavy atom. The molecular formula is C23H23IN2O4S. The van der Waals surface area contributed by atoms with E-state index in [1.165, 1.54) is 11.8 Å². The Kier molecular flexibility index (Phi) is 6.30. The van der Waals surface area contributed by atoms with E-state index in [1.807, 2.05) is 51.1 Å². The highest BCUT2D eigenvalue weighted by molar-refractivity contribution is 14.1. The first-order chi connectivity index (χ1) is 14.8. The number of likely N-dealkylation sites (N-methyl/N-ethyl adjacent to an activating group) is 1. The van der Waals surface area contributed by atoms with Gasteiger partial charge in [0.15, 0.2) is 6.61 Å². The van der Waals surface area contributed by atoms with E-state index in [0.717, 1.165) is 19.7 Å². The SMILES string of the molecule is CCNC(=O)COc1ccc(C2C=CC=C3C(=O)N4C(=C32)SC(=O)C4C(C)C)cc1I. The topological polar surface area (TPSA) is 75.7 Å². The van der Waals surface area contributed by atoms with Crippen LogP contribution in [-0.4, -0.2) is 41.0 Å². The minimum Gasteiger partial charge on any atom is -0.483 e. The minimum absolute atomic E-state index is 0.0295. The number of ether oxygens (including phenoxy) is 1. The maximum absolute atomic E-state index is 13.1. The molecule has 0 aromatic heterocycles. The van der Waals surface area contributed by atoms with Crippen molar-refractivity contribution in [2.45, 2.75) is 32.7 Å². The molecule has 2 aliphatic heterocycles. The van der Waals surface area contributed by atoms with Crippen molar-refractivity contribution in [3.8, 4) is 5.75 Å². The van der Waals surface area contributed by atoms with Crippen molar-refractivity contribution in [3.05, 3.63) is 61.7 Å². The highest BCUT2D eigenvalue weighted by Gasteiger charge is 2.51. The molecule has 0 radical (unpaired) electrons. The summed E-state index contributed by atoms with van der Waals surface area (Å²) in [5, 5.41) is 3.50. The fourth-order valence-corrected chi connectivity index (χ4v) is 6.11. The number of thioether (sulfide) groups is 1. The van der Waals surface area contributed by atoms with Crippen LogP contribution < -0.4 is 10.1 Å². The van der Waals surface area contributed by atoms with Crippen LogP contribution in [0.1, 0.15) is 32.3 Å². The first kappa shape index (κ1) is 22.1. The third-order valence-corrected chi connectivity index (χ3v) is 7.36. The van der Waals surface area contributed by atoms with Gasteiger partial charge in [-0.25, -0.2) is 0 Å². The largest absolute Gasteiger partial charge is 0.483 e. The lowest BCUT2D eigenvalue weighted by Crippen LogP contribution is -2.39. The van der Waals surface area contributed by atoms with Gasteiger partial charge in [0, 0.05) is 23.6 Å². The number of nitrogens with one attached hydrogen (secondary N) is 1. The van der Waals surface area contributed by atoms with E-state index in [2.05, 4.69) is 34.0 Å². The summed E-state index contributed by atoms with van der Waals surface area (Å²) in [5.74, 6) is 0.315. The molecule has 1 aromatic rings. The van der Waals surface area contributed by atoms with Crippen LogP contribution in [0.5, 0.6) is 5.75 Å². The van der Waals surface area contributed by atoms with Crippen molar-refractivity contribution in [2.24, 2.45) is 5.92 Å². The molecule has 1 fully saturated rings. The second kappa shape index (κ2) is 8.82. The number of carbonyl (C=O) groups is 3. The number of carbonyl (C=O) groups excluding carboxylic acids is 3. The summed E-state index contributed by atoms with van der Waals surface area (Å²) in [6.07, 6.45) is 5.81. The molecule has 6 nitrogen and oxygen atoms in total. The normalized spacial score (nSPS) is 22.1. The number of allylic oxidation sites excluding steroid dienone is 3. The summed E-state index contributed by atoms with van der Waals surface area (Å²) >= 11 is 3.38. The fourth-order valence-electron chi connectivity index (χ4n) is 4.09. The number of halogens is 1. The Balaban J connectivity index is 1.64. The lowest BCUT2D eigenvalue weighted by Gasteiger charge is -2.22. The van der Waals surface area contributed by atoms with Crippen LogP contribution in [0.2, 0.25) is 0 Å². The molecule has 3 aliphatic rings. The van der Waals surface area contributed by atoms with Gasteiger partial charge in [0.1, 0.15) is 11.8 Å². The van der Waals surface area contributed by atoms with E-state index < -0.39 is 6.04 Å². The Morgan fingerprint density at radius 1 is 1.32 bits per heavy atom. The van der Waals surface area contributed by atoms with Gasteiger partial charge < -0.3 is 10.1 Å². The van der Waals surface area contributed by atoms with E-state index in [-0.39, 0.29) is 35.4 Å². The van der Waals surface area contributed by atoms with E-state index in [1.54, 1.807) is 4.90 Å². The number of nitrogens with zero attached hydrogens (tertiary/aromatic N) is 1. The third-order valence-electron chi connectivity index (χ3n) is 5.46. The number of hydrogen-bond acceptors (Lipinski definition) is 5. The van der Waals surface area contributed by atoms with Crippen molar-refractivity contribution in [2.75, 3.05) is 13.2 Å². The fraction of sp³-hybridized carbons (Fsp3) is 0.348. The number of fused-ring (bicyclic) bond motifs is 2. The van der Waals surface area contributed by atoms with Crippen LogP contribution in [0.3, 0.4) is 0 Å². The number of hydrogen-bond donors (Lipinski definition) is 1. The van der Waals surface area contributed by atoms with Crippen molar-refractivity contribution in [1.29, 1.82) is 0 Å². The Morgan fingerprint density at radius 2 is 2.10 bits per heavy atom. The zero-order valence-electron chi connectivity index (χ0n) is 17.5. The monoisotopic (exact) mass is 550 g/mol. The van der Waals surface area contributed by atoms with Gasteiger partial charge in [-0.1, -0.05) is 32.1 Å². The molecular weight excluding hydrogens is 527 g/mol. The molecule has 31 heavy (non-hydrogen) atoms. The predicted molar refractivity (Wildman–Crippen MR) is 128 cm³/mol. The van der Waals surface area contributed by atoms with Crippen LogP contribution >= 0.6 is 34.4 Å². The van der Waals surface area contributed by atoms with Crippen molar-refractivity contribution >= 4 is 51.3 Å². The van der Waals surface area contributed by atoms with Crippen molar-refractivity contribution in [1.82, 2.24) is 10.2 Å². The number of amides is 2. The van der Waals surface area contributed by atoms with Gasteiger partial charge in [-0.2, -0.15) is 0 Å². The molecule has 2 unspecified atom stereocenters. The lowest BCUT2D eigenvalue weighted by atomic mass is 9.84. The van der Waals surface area contributed by atoms with E-state index in [4.69, 9.17) is 4.74 Å². The quantitative estimate of drug-likeness (QED) is 0.547. The summed E-state index contributed by atoms with van der Waals surface area (Å²) in [4.78, 5) is 39.1. The number of benzene rings is 1. The van der Waals surface area contributed by atoms with Gasteiger partial charge in [-0.15, -0.1) is 0 Å². The molecule has 0 spiro atoms. The maximum Gasteiger partial charge on any atom is 0.259 e. The van der Waals surface area contributed by atoms with Gasteiger partial charge in [0.05, 0.1) is 8.60 Å². The Labute approximate surface area is 199 Å². The molecule has 1 aliphatic carbocycles. The van der Waals surface area contributed by atoms with Gasteiger partial charge in [0.2, 0.25) is 5.12 Å². The van der Waals surface area contributed by atoms with E-state index in [9.17, 15) is 14.4 Å². The molecule has 2 atom stereocenters. The Bertz CT molecular complexity index is 1060. The summed E-state index contributed by atoms with van der Waals surface area (Å²) < 4.78 is 6.53. The summed E-state index contributed by atoms with van der Waals surface area (Å²) in [6.45, 7) is 6.33. The average Bonchev–Trinajstić information content (AvgIpc) is 3.21. The molecule has 8 heteroatoms. The smallest absolute Gasteiger partial charge is 0.259 e. The first-order valence-corrected chi connectivity index (χ1v) is 12.1. The zero-order chi connectivity index (χ0) is 22.3. The highest BCUT2D eigenvalue weighted by Crippen LogP contribution is 2.52. The molecule has 1 aromatic carbocycles. The second-order valence-electron chi connectivity index (χ2n) is 7.88. The van der Waals surface area contributed by atoms with Crippen LogP contribution in [0, 0.1) is 9.49 Å². The van der Waals surface area contributed by atoms with Gasteiger partial charge >= 0.3 is 0 Å². The van der Waals surface area contributed by atoms with Gasteiger partial charge in [-0.3, -0.25) is 19.3 Å². The molecule has 1 N–H and O–H groups in total. The minimum atomic E-state index is -0.419. The summed E-state index contributed by atoms with van der Waals surface area (Å²) in [7, 11) is 0. The second-order valence-corrected chi connectivity index (χ2v) is 10.0. The third kappa shape index (κ3) is 3.95. The standard InChI is InChI=1S/C23H23IN2O4S/c1-4-25-18(27)11-30-17-9-8-13(10-16(17)24)14-6-5-7-15-19(14)22-26(21(15)28)20(12(2)3)23(29)31-22/h5-10,12,14,20H,4,11H2,1-3H3,(H,25,27). The van der Waals surface area contributed by atoms with Gasteiger partial charge in [-0.05, 0) is 71.0 Å². The molecule has 1 saturated heterocycles. The molecule has 0 saturated carbocycles. The van der Waals surface area contributed by atoms with Crippen molar-refractivity contribution in [3.63, 3.8) is 0 Å². The molecule has 2 heterocycles. The van der Waals surface area contributed by atoms with Crippen LogP contribution in [-0.2, 0) is 14.4 Å². The van der Waals surface area contributed by atoms with E-state index in [0.29, 0.717) is 17.9 Å². The first-order valence-electron chi connectivity index (χ1n) is 10.2. The zero-order valence-corrected chi connectivity index (χ0v) is 20.5. The summed E-state index contributed by atoms with van der Waals surface area (Å²) in [5.41, 5.74) is 2.58. The molecule has 162 valence electrons. The molecule has 4 rings (SSSR count). The van der Waals surface area contributed by atoms with Crippen LogP contribution in [0.4, 0.5) is 0 Å². The predicted octanol–water partition coefficient (Wildman–Crippen LogP) is 3.74. The van der Waals surface area contributed by atoms with Crippen LogP contribution in [0.15, 0.2) is 52.6 Å². The van der Waals surface area contributed by atoms with E-state index >= 15 is 0 Å². The van der Waals surface area contributed by atoms with Crippen LogP contribution in [0.25, 0.3) is 0 Å². The lowest BCUT2D eigenvalue weighted by molar-refractivity contribution is -0.130. The Hall–Kier alpha value is -2.07. The molecule has 2 amide bonds. The molecule has 0 bridgehead atoms. The van der Waals surface area contributed by atoms with Gasteiger partial charge in [0.25, 0.3) is 11.8 Å². The summed E-state index contributed by atoms with van der Waals surface area (Å²) in [6, 6.07) is 5.40. The average molecular weight is 550 g/mol.